The fourth-order valence-corrected chi connectivity index (χ4v) is 2.50. The number of ether oxygens (including phenoxy) is 2. The zero-order valence-electron chi connectivity index (χ0n) is 10.9. The molecule has 3 N–H and O–H groups in total. The van der Waals surface area contributed by atoms with Gasteiger partial charge in [-0.25, -0.2) is 0 Å². The predicted octanol–water partition coefficient (Wildman–Crippen LogP) is 2.16. The summed E-state index contributed by atoms with van der Waals surface area (Å²) < 4.78 is 11.1. The average Bonchev–Trinajstić information content (AvgIpc) is 2.46. The molecule has 0 amide bonds. The second-order valence-electron chi connectivity index (χ2n) is 4.69. The lowest BCUT2D eigenvalue weighted by atomic mass is 9.96. The highest BCUT2D eigenvalue weighted by Gasteiger charge is 2.21. The number of hydrazine groups is 1. The van der Waals surface area contributed by atoms with Crippen molar-refractivity contribution in [1.29, 1.82) is 0 Å². The van der Waals surface area contributed by atoms with E-state index in [2.05, 4.69) is 5.43 Å². The maximum Gasteiger partial charge on any atom is 0.123 e. The van der Waals surface area contributed by atoms with Gasteiger partial charge in [0.25, 0.3) is 0 Å². The summed E-state index contributed by atoms with van der Waals surface area (Å²) in [7, 11) is 1.68. The van der Waals surface area contributed by atoms with Crippen LogP contribution in [0.15, 0.2) is 24.3 Å². The van der Waals surface area contributed by atoms with Crippen LogP contribution in [0, 0.1) is 0 Å². The molecular formula is C14H22N2O2. The fourth-order valence-electron chi connectivity index (χ4n) is 2.50. The second-order valence-corrected chi connectivity index (χ2v) is 4.69. The monoisotopic (exact) mass is 250 g/mol. The molecule has 2 rings (SSSR count). The molecule has 1 fully saturated rings. The van der Waals surface area contributed by atoms with Gasteiger partial charge in [0.2, 0.25) is 0 Å². The molecular weight excluding hydrogens is 228 g/mol. The van der Waals surface area contributed by atoms with Crippen molar-refractivity contribution in [3.63, 3.8) is 0 Å². The van der Waals surface area contributed by atoms with E-state index in [1.807, 2.05) is 24.3 Å². The van der Waals surface area contributed by atoms with Crippen molar-refractivity contribution in [2.24, 2.45) is 5.84 Å². The Morgan fingerprint density at radius 2 is 2.28 bits per heavy atom. The molecule has 1 aliphatic rings. The summed E-state index contributed by atoms with van der Waals surface area (Å²) >= 11 is 0. The van der Waals surface area contributed by atoms with Gasteiger partial charge >= 0.3 is 0 Å². The first-order valence-corrected chi connectivity index (χ1v) is 6.55. The second kappa shape index (κ2) is 6.73. The number of para-hydroxylation sites is 1. The zero-order chi connectivity index (χ0) is 12.8. The minimum Gasteiger partial charge on any atom is -0.496 e. The Balaban J connectivity index is 2.07. The van der Waals surface area contributed by atoms with Crippen LogP contribution in [-0.2, 0) is 4.74 Å². The highest BCUT2D eigenvalue weighted by atomic mass is 16.5. The normalized spacial score (nSPS) is 21.6. The molecule has 2 unspecified atom stereocenters. The molecule has 0 aliphatic carbocycles. The summed E-state index contributed by atoms with van der Waals surface area (Å²) in [4.78, 5) is 0. The summed E-state index contributed by atoms with van der Waals surface area (Å²) in [5, 5.41) is 0. The maximum atomic E-state index is 5.77. The molecule has 1 aromatic rings. The molecule has 0 bridgehead atoms. The van der Waals surface area contributed by atoms with Crippen LogP contribution in [0.4, 0.5) is 0 Å². The number of benzene rings is 1. The van der Waals surface area contributed by atoms with Gasteiger partial charge in [0, 0.05) is 12.2 Å². The molecule has 1 aromatic carbocycles. The molecule has 1 saturated heterocycles. The van der Waals surface area contributed by atoms with Crippen molar-refractivity contribution in [3.8, 4) is 5.75 Å². The third-order valence-corrected chi connectivity index (χ3v) is 3.49. The molecule has 0 saturated carbocycles. The van der Waals surface area contributed by atoms with Crippen LogP contribution in [0.25, 0.3) is 0 Å². The smallest absolute Gasteiger partial charge is 0.123 e. The average molecular weight is 250 g/mol. The lowest BCUT2D eigenvalue weighted by molar-refractivity contribution is 0.00490. The Kier molecular flexibility index (Phi) is 4.99. The molecule has 4 nitrogen and oxygen atoms in total. The van der Waals surface area contributed by atoms with E-state index in [1.54, 1.807) is 7.11 Å². The van der Waals surface area contributed by atoms with Gasteiger partial charge in [0.05, 0.1) is 19.3 Å². The van der Waals surface area contributed by atoms with Crippen LogP contribution in [0.3, 0.4) is 0 Å². The molecule has 2 atom stereocenters. The van der Waals surface area contributed by atoms with Crippen LogP contribution in [0.2, 0.25) is 0 Å². The Bertz CT molecular complexity index is 365. The summed E-state index contributed by atoms with van der Waals surface area (Å²) in [6.45, 7) is 0.869. The Hall–Kier alpha value is -1.10. The fraction of sp³-hybridized carbons (Fsp3) is 0.571. The van der Waals surface area contributed by atoms with E-state index in [0.29, 0.717) is 6.10 Å². The van der Waals surface area contributed by atoms with Crippen molar-refractivity contribution >= 4 is 0 Å². The van der Waals surface area contributed by atoms with Gasteiger partial charge in [0.1, 0.15) is 5.75 Å². The SMILES string of the molecule is COc1ccccc1C(CC1CCCCO1)NN. The third-order valence-electron chi connectivity index (χ3n) is 3.49. The molecule has 1 heterocycles. The van der Waals surface area contributed by atoms with E-state index in [1.165, 1.54) is 12.8 Å². The first-order chi connectivity index (χ1) is 8.85. The van der Waals surface area contributed by atoms with Crippen molar-refractivity contribution < 1.29 is 9.47 Å². The van der Waals surface area contributed by atoms with Crippen molar-refractivity contribution in [2.75, 3.05) is 13.7 Å². The van der Waals surface area contributed by atoms with E-state index >= 15 is 0 Å². The molecule has 100 valence electrons. The van der Waals surface area contributed by atoms with Gasteiger partial charge in [-0.2, -0.15) is 0 Å². The van der Waals surface area contributed by atoms with E-state index in [4.69, 9.17) is 15.3 Å². The summed E-state index contributed by atoms with van der Waals surface area (Å²) in [6, 6.07) is 8.05. The molecule has 0 spiro atoms. The summed E-state index contributed by atoms with van der Waals surface area (Å²) in [6.07, 6.45) is 4.72. The van der Waals surface area contributed by atoms with Crippen LogP contribution in [0.5, 0.6) is 5.75 Å². The lowest BCUT2D eigenvalue weighted by Crippen LogP contribution is -2.33. The summed E-state index contributed by atoms with van der Waals surface area (Å²) in [5.41, 5.74) is 3.97. The van der Waals surface area contributed by atoms with Crippen LogP contribution >= 0.6 is 0 Å². The molecule has 0 radical (unpaired) electrons. The quantitative estimate of drug-likeness (QED) is 0.621. The van der Waals surface area contributed by atoms with Crippen LogP contribution in [0.1, 0.15) is 37.3 Å². The molecule has 0 aromatic heterocycles. The summed E-state index contributed by atoms with van der Waals surface area (Å²) in [5.74, 6) is 6.56. The standard InChI is InChI=1S/C14H22N2O2/c1-17-14-8-3-2-7-12(14)13(16-15)10-11-6-4-5-9-18-11/h2-3,7-8,11,13,16H,4-6,9-10,15H2,1H3. The number of hydrogen-bond acceptors (Lipinski definition) is 4. The third kappa shape index (κ3) is 3.22. The number of hydrogen-bond donors (Lipinski definition) is 2. The minimum atomic E-state index is 0.0734. The molecule has 18 heavy (non-hydrogen) atoms. The maximum absolute atomic E-state index is 5.77. The Morgan fingerprint density at radius 3 is 2.94 bits per heavy atom. The topological polar surface area (TPSA) is 56.5 Å². The Labute approximate surface area is 108 Å². The van der Waals surface area contributed by atoms with Gasteiger partial charge in [-0.3, -0.25) is 11.3 Å². The lowest BCUT2D eigenvalue weighted by Gasteiger charge is -2.27. The minimum absolute atomic E-state index is 0.0734. The van der Waals surface area contributed by atoms with E-state index in [0.717, 1.165) is 30.8 Å². The van der Waals surface area contributed by atoms with Crippen molar-refractivity contribution in [2.45, 2.75) is 37.8 Å². The van der Waals surface area contributed by atoms with Gasteiger partial charge in [-0.15, -0.1) is 0 Å². The first kappa shape index (κ1) is 13.3. The predicted molar refractivity (Wildman–Crippen MR) is 71.3 cm³/mol. The van der Waals surface area contributed by atoms with Gasteiger partial charge in [-0.1, -0.05) is 18.2 Å². The highest BCUT2D eigenvalue weighted by Crippen LogP contribution is 2.30. The van der Waals surface area contributed by atoms with Crippen LogP contribution in [-0.4, -0.2) is 19.8 Å². The van der Waals surface area contributed by atoms with E-state index < -0.39 is 0 Å². The number of nitrogens with two attached hydrogens (primary N) is 1. The first-order valence-electron chi connectivity index (χ1n) is 6.55. The van der Waals surface area contributed by atoms with Crippen LogP contribution < -0.4 is 16.0 Å². The highest BCUT2D eigenvalue weighted by molar-refractivity contribution is 5.35. The van der Waals surface area contributed by atoms with Crippen molar-refractivity contribution in [1.82, 2.24) is 5.43 Å². The largest absolute Gasteiger partial charge is 0.496 e. The van der Waals surface area contributed by atoms with E-state index in [-0.39, 0.29) is 6.04 Å². The van der Waals surface area contributed by atoms with Crippen molar-refractivity contribution in [3.05, 3.63) is 29.8 Å². The van der Waals surface area contributed by atoms with E-state index in [9.17, 15) is 0 Å². The number of nitrogens with one attached hydrogen (secondary N) is 1. The number of methoxy groups -OCH3 is 1. The molecule has 1 aliphatic heterocycles. The zero-order valence-corrected chi connectivity index (χ0v) is 10.9. The molecule has 4 heteroatoms. The van der Waals surface area contributed by atoms with Gasteiger partial charge < -0.3 is 9.47 Å². The van der Waals surface area contributed by atoms with Gasteiger partial charge in [0.15, 0.2) is 0 Å². The van der Waals surface area contributed by atoms with Gasteiger partial charge in [-0.05, 0) is 31.7 Å². The Morgan fingerprint density at radius 1 is 1.44 bits per heavy atom. The number of rotatable bonds is 5.